The van der Waals surface area contributed by atoms with Crippen LogP contribution < -0.4 is 0 Å². The molecule has 1 aromatic carbocycles. The van der Waals surface area contributed by atoms with Crippen LogP contribution in [0, 0.1) is 6.07 Å². The first kappa shape index (κ1) is 10.7. The zero-order valence-electron chi connectivity index (χ0n) is 8.01. The summed E-state index contributed by atoms with van der Waals surface area (Å²) in [5, 5.41) is 0. The SMILES string of the molecule is CN(C)C=NS(=O)(=O)c1cc[c]cc1. The molecule has 0 fully saturated rings. The third-order valence-corrected chi connectivity index (χ3v) is 2.64. The van der Waals surface area contributed by atoms with Crippen molar-refractivity contribution in [1.29, 1.82) is 0 Å². The molecule has 0 aromatic heterocycles. The van der Waals surface area contributed by atoms with Crippen molar-refractivity contribution in [3.8, 4) is 0 Å². The average molecular weight is 211 g/mol. The predicted molar refractivity (Wildman–Crippen MR) is 54.6 cm³/mol. The summed E-state index contributed by atoms with van der Waals surface area (Å²) in [6, 6.07) is 8.74. The lowest BCUT2D eigenvalue weighted by molar-refractivity contribution is 0.595. The Morgan fingerprint density at radius 3 is 2.43 bits per heavy atom. The van der Waals surface area contributed by atoms with Gasteiger partial charge in [-0.2, -0.15) is 8.42 Å². The third kappa shape index (κ3) is 2.85. The highest BCUT2D eigenvalue weighted by Crippen LogP contribution is 2.09. The van der Waals surface area contributed by atoms with E-state index in [-0.39, 0.29) is 4.90 Å². The Morgan fingerprint density at radius 2 is 1.93 bits per heavy atom. The molecule has 14 heavy (non-hydrogen) atoms. The van der Waals surface area contributed by atoms with Crippen LogP contribution in [0.15, 0.2) is 33.6 Å². The molecule has 4 nitrogen and oxygen atoms in total. The molecule has 0 atom stereocenters. The van der Waals surface area contributed by atoms with Crippen LogP contribution >= 0.6 is 0 Å². The first-order chi connectivity index (χ1) is 6.52. The van der Waals surface area contributed by atoms with Crippen LogP contribution in [0.1, 0.15) is 0 Å². The molecule has 0 saturated carbocycles. The Morgan fingerprint density at radius 1 is 1.36 bits per heavy atom. The molecule has 0 aliphatic heterocycles. The second kappa shape index (κ2) is 4.23. The van der Waals surface area contributed by atoms with Crippen molar-refractivity contribution in [2.24, 2.45) is 4.40 Å². The average Bonchev–Trinajstić information content (AvgIpc) is 2.16. The van der Waals surface area contributed by atoms with E-state index in [0.29, 0.717) is 0 Å². The first-order valence-electron chi connectivity index (χ1n) is 3.95. The fourth-order valence-corrected chi connectivity index (χ4v) is 1.68. The topological polar surface area (TPSA) is 49.7 Å². The van der Waals surface area contributed by atoms with Crippen molar-refractivity contribution < 1.29 is 8.42 Å². The minimum absolute atomic E-state index is 0.175. The fourth-order valence-electron chi connectivity index (χ4n) is 0.761. The lowest BCUT2D eigenvalue weighted by Gasteiger charge is -2.02. The van der Waals surface area contributed by atoms with E-state index in [9.17, 15) is 8.42 Å². The van der Waals surface area contributed by atoms with Gasteiger partial charge in [0.2, 0.25) is 0 Å². The highest BCUT2D eigenvalue weighted by molar-refractivity contribution is 7.90. The molecule has 1 radical (unpaired) electrons. The Bertz CT molecular complexity index is 410. The van der Waals surface area contributed by atoms with Gasteiger partial charge in [-0.3, -0.25) is 0 Å². The molecule has 0 N–H and O–H groups in total. The summed E-state index contributed by atoms with van der Waals surface area (Å²) in [7, 11) is -0.135. The van der Waals surface area contributed by atoms with Gasteiger partial charge in [0.15, 0.2) is 0 Å². The highest BCUT2D eigenvalue weighted by atomic mass is 32.2. The molecule has 1 aromatic rings. The van der Waals surface area contributed by atoms with E-state index in [1.807, 2.05) is 0 Å². The van der Waals surface area contributed by atoms with Gasteiger partial charge in [-0.15, -0.1) is 4.40 Å². The number of sulfonamides is 1. The summed E-state index contributed by atoms with van der Waals surface area (Å²) in [6.07, 6.45) is 1.26. The molecule has 0 unspecified atom stereocenters. The van der Waals surface area contributed by atoms with Crippen LogP contribution in [0.5, 0.6) is 0 Å². The van der Waals surface area contributed by atoms with Crippen LogP contribution in [-0.2, 0) is 10.0 Å². The molecular formula is C9H11N2O2S. The highest BCUT2D eigenvalue weighted by Gasteiger charge is 2.09. The molecule has 75 valence electrons. The third-order valence-electron chi connectivity index (χ3n) is 1.40. The molecule has 1 rings (SSSR count). The van der Waals surface area contributed by atoms with Gasteiger partial charge in [0, 0.05) is 14.1 Å². The standard InChI is InChI=1S/C9H11N2O2S/c1-11(2)8-10-14(12,13)9-6-4-3-5-7-9/h4-8H,1-2H3. The van der Waals surface area contributed by atoms with Gasteiger partial charge in [0.1, 0.15) is 6.34 Å². The molecule has 5 heteroatoms. The van der Waals surface area contributed by atoms with E-state index in [1.165, 1.54) is 30.6 Å². The summed E-state index contributed by atoms with van der Waals surface area (Å²) in [5.74, 6) is 0. The Kier molecular flexibility index (Phi) is 3.24. The van der Waals surface area contributed by atoms with Crippen molar-refractivity contribution in [1.82, 2.24) is 4.90 Å². The molecule has 0 saturated heterocycles. The van der Waals surface area contributed by atoms with E-state index in [1.54, 1.807) is 19.0 Å². The van der Waals surface area contributed by atoms with Crippen LogP contribution in [0.2, 0.25) is 0 Å². The summed E-state index contributed by atoms with van der Waals surface area (Å²) in [4.78, 5) is 1.74. The Balaban J connectivity index is 2.99. The van der Waals surface area contributed by atoms with Crippen molar-refractivity contribution >= 4 is 16.4 Å². The van der Waals surface area contributed by atoms with E-state index in [0.717, 1.165) is 0 Å². The van der Waals surface area contributed by atoms with E-state index >= 15 is 0 Å². The van der Waals surface area contributed by atoms with Gasteiger partial charge < -0.3 is 4.90 Å². The summed E-state index contributed by atoms with van der Waals surface area (Å²) in [6.45, 7) is 0. The first-order valence-corrected chi connectivity index (χ1v) is 5.39. The molecule has 0 spiro atoms. The van der Waals surface area contributed by atoms with Crippen molar-refractivity contribution in [2.75, 3.05) is 14.1 Å². The zero-order valence-corrected chi connectivity index (χ0v) is 8.82. The molecule has 0 bridgehead atoms. The van der Waals surface area contributed by atoms with Gasteiger partial charge in [-0.25, -0.2) is 0 Å². The summed E-state index contributed by atoms with van der Waals surface area (Å²) in [5.41, 5.74) is 0. The van der Waals surface area contributed by atoms with Gasteiger partial charge >= 0.3 is 0 Å². The van der Waals surface area contributed by atoms with Crippen molar-refractivity contribution in [3.05, 3.63) is 30.3 Å². The molecule has 0 aliphatic carbocycles. The van der Waals surface area contributed by atoms with Crippen LogP contribution in [0.25, 0.3) is 0 Å². The Labute approximate surface area is 83.9 Å². The largest absolute Gasteiger partial charge is 0.368 e. The van der Waals surface area contributed by atoms with E-state index in [2.05, 4.69) is 10.5 Å². The van der Waals surface area contributed by atoms with Crippen molar-refractivity contribution in [2.45, 2.75) is 4.90 Å². The molecule has 0 aliphatic rings. The number of benzene rings is 1. The van der Waals surface area contributed by atoms with Crippen molar-refractivity contribution in [3.63, 3.8) is 0 Å². The fraction of sp³-hybridized carbons (Fsp3) is 0.222. The summed E-state index contributed by atoms with van der Waals surface area (Å²) >= 11 is 0. The van der Waals surface area contributed by atoms with E-state index < -0.39 is 10.0 Å². The van der Waals surface area contributed by atoms with E-state index in [4.69, 9.17) is 0 Å². The normalized spacial score (nSPS) is 11.9. The van der Waals surface area contributed by atoms with Crippen LogP contribution in [0.4, 0.5) is 0 Å². The smallest absolute Gasteiger partial charge is 0.283 e. The maximum Gasteiger partial charge on any atom is 0.283 e. The quantitative estimate of drug-likeness (QED) is 0.548. The lowest BCUT2D eigenvalue weighted by Crippen LogP contribution is -2.10. The maximum atomic E-state index is 11.5. The molecule has 0 amide bonds. The van der Waals surface area contributed by atoms with Gasteiger partial charge in [0.05, 0.1) is 4.90 Å². The second-order valence-electron chi connectivity index (χ2n) is 2.90. The minimum Gasteiger partial charge on any atom is -0.368 e. The van der Waals surface area contributed by atoms with Gasteiger partial charge in [0.25, 0.3) is 10.0 Å². The number of hydrogen-bond donors (Lipinski definition) is 0. The Hall–Kier alpha value is -1.36. The monoisotopic (exact) mass is 211 g/mol. The number of hydrogen-bond acceptors (Lipinski definition) is 2. The molecular weight excluding hydrogens is 200 g/mol. The minimum atomic E-state index is -3.55. The summed E-state index contributed by atoms with van der Waals surface area (Å²) < 4.78 is 26.5. The number of nitrogens with zero attached hydrogens (tertiary/aromatic N) is 2. The van der Waals surface area contributed by atoms with Gasteiger partial charge in [-0.05, 0) is 18.2 Å². The van der Waals surface area contributed by atoms with Crippen LogP contribution in [0.3, 0.4) is 0 Å². The second-order valence-corrected chi connectivity index (χ2v) is 4.53. The molecule has 0 heterocycles. The van der Waals surface area contributed by atoms with Crippen LogP contribution in [-0.4, -0.2) is 33.8 Å². The lowest BCUT2D eigenvalue weighted by atomic mass is 10.4. The number of rotatable bonds is 3. The zero-order chi connectivity index (χ0) is 10.6. The predicted octanol–water partition coefficient (Wildman–Crippen LogP) is 0.765. The van der Waals surface area contributed by atoms with Gasteiger partial charge in [-0.1, -0.05) is 12.1 Å². The maximum absolute atomic E-state index is 11.5.